The molecule has 0 radical (unpaired) electrons. The van der Waals surface area contributed by atoms with E-state index in [1.165, 1.54) is 12.5 Å². The minimum Gasteiger partial charge on any atom is -0.312 e. The smallest absolute Gasteiger partial charge is 0.163 e. The molecule has 100 valence electrons. The van der Waals surface area contributed by atoms with E-state index in [1.54, 1.807) is 6.07 Å². The van der Waals surface area contributed by atoms with Crippen LogP contribution >= 0.6 is 11.6 Å². The van der Waals surface area contributed by atoms with Crippen LogP contribution < -0.4 is 5.32 Å². The van der Waals surface area contributed by atoms with Crippen LogP contribution in [0.25, 0.3) is 0 Å². The van der Waals surface area contributed by atoms with Crippen LogP contribution in [0.2, 0.25) is 0 Å². The van der Waals surface area contributed by atoms with Gasteiger partial charge in [0.2, 0.25) is 0 Å². The second kappa shape index (κ2) is 6.48. The molecule has 1 fully saturated rings. The van der Waals surface area contributed by atoms with E-state index in [2.05, 4.69) is 5.32 Å². The van der Waals surface area contributed by atoms with Crippen LogP contribution in [-0.2, 0) is 6.54 Å². The SMILES string of the molecule is Fc1cccc(CNCC2CCCC(Cl)C2)c1F. The van der Waals surface area contributed by atoms with Gasteiger partial charge in [-0.2, -0.15) is 0 Å². The maximum atomic E-state index is 13.4. The highest BCUT2D eigenvalue weighted by atomic mass is 35.5. The third kappa shape index (κ3) is 3.66. The number of hydrogen-bond donors (Lipinski definition) is 1. The maximum Gasteiger partial charge on any atom is 0.163 e. The average Bonchev–Trinajstić information content (AvgIpc) is 2.35. The van der Waals surface area contributed by atoms with Gasteiger partial charge in [-0.05, 0) is 37.8 Å². The Morgan fingerprint density at radius 1 is 1.28 bits per heavy atom. The third-order valence-corrected chi connectivity index (χ3v) is 3.90. The summed E-state index contributed by atoms with van der Waals surface area (Å²) in [4.78, 5) is 0. The van der Waals surface area contributed by atoms with Crippen molar-refractivity contribution >= 4 is 11.6 Å². The fourth-order valence-electron chi connectivity index (χ4n) is 2.51. The van der Waals surface area contributed by atoms with Crippen molar-refractivity contribution in [3.05, 3.63) is 35.4 Å². The summed E-state index contributed by atoms with van der Waals surface area (Å²) in [7, 11) is 0. The molecular formula is C14H18ClF2N. The van der Waals surface area contributed by atoms with E-state index in [-0.39, 0.29) is 5.38 Å². The largest absolute Gasteiger partial charge is 0.312 e. The Hall–Kier alpha value is -0.670. The molecule has 1 aromatic rings. The van der Waals surface area contributed by atoms with Crippen molar-refractivity contribution in [1.82, 2.24) is 5.32 Å². The molecule has 0 spiro atoms. The molecule has 0 bridgehead atoms. The second-order valence-electron chi connectivity index (χ2n) is 4.97. The lowest BCUT2D eigenvalue weighted by Gasteiger charge is -2.25. The van der Waals surface area contributed by atoms with Crippen LogP contribution in [0.5, 0.6) is 0 Å². The number of rotatable bonds is 4. The Morgan fingerprint density at radius 2 is 2.11 bits per heavy atom. The highest BCUT2D eigenvalue weighted by Crippen LogP contribution is 2.27. The van der Waals surface area contributed by atoms with E-state index in [4.69, 9.17) is 11.6 Å². The first-order valence-electron chi connectivity index (χ1n) is 6.44. The molecule has 2 rings (SSSR count). The summed E-state index contributed by atoms with van der Waals surface area (Å²) in [5.74, 6) is -0.977. The van der Waals surface area contributed by atoms with Crippen LogP contribution in [0.4, 0.5) is 8.78 Å². The van der Waals surface area contributed by atoms with Gasteiger partial charge in [0.25, 0.3) is 0 Å². The topological polar surface area (TPSA) is 12.0 Å². The zero-order chi connectivity index (χ0) is 13.0. The molecule has 1 aromatic carbocycles. The van der Waals surface area contributed by atoms with Crippen LogP contribution in [-0.4, -0.2) is 11.9 Å². The van der Waals surface area contributed by atoms with Gasteiger partial charge in [-0.15, -0.1) is 11.6 Å². The van der Waals surface area contributed by atoms with Gasteiger partial charge in [0.05, 0.1) is 0 Å². The summed E-state index contributed by atoms with van der Waals surface area (Å²) in [6.45, 7) is 1.19. The number of hydrogen-bond acceptors (Lipinski definition) is 1. The normalized spacial score (nSPS) is 24.2. The summed E-state index contributed by atoms with van der Waals surface area (Å²) in [6.07, 6.45) is 4.44. The van der Waals surface area contributed by atoms with Crippen LogP contribution in [0.3, 0.4) is 0 Å². The molecule has 0 aliphatic heterocycles. The van der Waals surface area contributed by atoms with E-state index in [1.807, 2.05) is 0 Å². The lowest BCUT2D eigenvalue weighted by atomic mass is 9.89. The summed E-state index contributed by atoms with van der Waals surface area (Å²) < 4.78 is 26.4. The van der Waals surface area contributed by atoms with Gasteiger partial charge in [-0.3, -0.25) is 0 Å². The molecule has 2 unspecified atom stereocenters. The zero-order valence-electron chi connectivity index (χ0n) is 10.3. The number of halogens is 3. The maximum absolute atomic E-state index is 13.4. The van der Waals surface area contributed by atoms with Crippen LogP contribution in [0, 0.1) is 17.6 Å². The summed E-state index contributed by atoms with van der Waals surface area (Å²) in [5.41, 5.74) is 0.383. The van der Waals surface area contributed by atoms with Crippen molar-refractivity contribution < 1.29 is 8.78 Å². The minimum atomic E-state index is -0.784. The first-order valence-corrected chi connectivity index (χ1v) is 6.88. The van der Waals surface area contributed by atoms with Crippen molar-refractivity contribution in [2.24, 2.45) is 5.92 Å². The molecule has 18 heavy (non-hydrogen) atoms. The van der Waals surface area contributed by atoms with Crippen molar-refractivity contribution in [3.8, 4) is 0 Å². The van der Waals surface area contributed by atoms with Gasteiger partial charge < -0.3 is 5.32 Å². The molecule has 0 amide bonds. The minimum absolute atomic E-state index is 0.274. The van der Waals surface area contributed by atoms with Crippen LogP contribution in [0.1, 0.15) is 31.2 Å². The molecule has 1 aliphatic rings. The molecule has 4 heteroatoms. The number of alkyl halides is 1. The molecule has 1 N–H and O–H groups in total. The lowest BCUT2D eigenvalue weighted by molar-refractivity contribution is 0.345. The summed E-state index contributed by atoms with van der Waals surface area (Å²) >= 11 is 6.12. The van der Waals surface area contributed by atoms with Gasteiger partial charge in [0.1, 0.15) is 0 Å². The van der Waals surface area contributed by atoms with E-state index >= 15 is 0 Å². The van der Waals surface area contributed by atoms with Gasteiger partial charge >= 0.3 is 0 Å². The van der Waals surface area contributed by atoms with Gasteiger partial charge in [0, 0.05) is 17.5 Å². The summed E-state index contributed by atoms with van der Waals surface area (Å²) in [5, 5.41) is 3.47. The predicted octanol–water partition coefficient (Wildman–Crippen LogP) is 3.85. The highest BCUT2D eigenvalue weighted by Gasteiger charge is 2.19. The molecule has 2 atom stereocenters. The summed E-state index contributed by atoms with van der Waals surface area (Å²) in [6, 6.07) is 4.28. The second-order valence-corrected chi connectivity index (χ2v) is 5.59. The van der Waals surface area contributed by atoms with E-state index in [0.29, 0.717) is 18.0 Å². The first kappa shape index (κ1) is 13.8. The molecule has 0 heterocycles. The van der Waals surface area contributed by atoms with Crippen molar-refractivity contribution in [2.75, 3.05) is 6.54 Å². The molecule has 1 nitrogen and oxygen atoms in total. The third-order valence-electron chi connectivity index (χ3n) is 3.50. The van der Waals surface area contributed by atoms with E-state index in [0.717, 1.165) is 31.9 Å². The Kier molecular flexibility index (Phi) is 4.95. The highest BCUT2D eigenvalue weighted by molar-refractivity contribution is 6.20. The van der Waals surface area contributed by atoms with Gasteiger partial charge in [-0.25, -0.2) is 8.78 Å². The first-order chi connectivity index (χ1) is 8.66. The molecule has 1 saturated carbocycles. The number of nitrogens with one attached hydrogen (secondary N) is 1. The average molecular weight is 274 g/mol. The monoisotopic (exact) mass is 273 g/mol. The molecule has 0 saturated heterocycles. The standard InChI is InChI=1S/C14H18ClF2N/c15-12-5-1-3-10(7-12)8-18-9-11-4-2-6-13(16)14(11)17/h2,4,6,10,12,18H,1,3,5,7-9H2. The van der Waals surface area contributed by atoms with Crippen LogP contribution in [0.15, 0.2) is 18.2 Å². The fraction of sp³-hybridized carbons (Fsp3) is 0.571. The Labute approximate surface area is 112 Å². The quantitative estimate of drug-likeness (QED) is 0.822. The van der Waals surface area contributed by atoms with Gasteiger partial charge in [-0.1, -0.05) is 18.6 Å². The Balaban J connectivity index is 1.79. The molecular weight excluding hydrogens is 256 g/mol. The van der Waals surface area contributed by atoms with Crippen molar-refractivity contribution in [1.29, 1.82) is 0 Å². The molecule has 1 aliphatic carbocycles. The van der Waals surface area contributed by atoms with E-state index < -0.39 is 11.6 Å². The van der Waals surface area contributed by atoms with Crippen molar-refractivity contribution in [3.63, 3.8) is 0 Å². The fourth-order valence-corrected chi connectivity index (χ4v) is 2.91. The lowest BCUT2D eigenvalue weighted by Crippen LogP contribution is -2.27. The number of benzene rings is 1. The molecule has 0 aromatic heterocycles. The Morgan fingerprint density at radius 3 is 2.89 bits per heavy atom. The predicted molar refractivity (Wildman–Crippen MR) is 69.7 cm³/mol. The van der Waals surface area contributed by atoms with Gasteiger partial charge in [0.15, 0.2) is 11.6 Å². The zero-order valence-corrected chi connectivity index (χ0v) is 11.0. The van der Waals surface area contributed by atoms with Crippen molar-refractivity contribution in [2.45, 2.75) is 37.6 Å². The van der Waals surface area contributed by atoms with E-state index in [9.17, 15) is 8.78 Å². The Bertz CT molecular complexity index is 397.